The molecule has 0 aromatic rings. The van der Waals surface area contributed by atoms with Gasteiger partial charge in [-0.15, -0.1) is 0 Å². The Morgan fingerprint density at radius 2 is 2.50 bits per heavy atom. The molecule has 2 unspecified atom stereocenters. The van der Waals surface area contributed by atoms with Crippen molar-refractivity contribution in [3.63, 3.8) is 0 Å². The zero-order valence-electron chi connectivity index (χ0n) is 8.44. The summed E-state index contributed by atoms with van der Waals surface area (Å²) < 4.78 is 0. The summed E-state index contributed by atoms with van der Waals surface area (Å²) in [6.07, 6.45) is 1.91. The van der Waals surface area contributed by atoms with E-state index < -0.39 is 0 Å². The highest BCUT2D eigenvalue weighted by molar-refractivity contribution is 7.80. The van der Waals surface area contributed by atoms with Gasteiger partial charge in [0.2, 0.25) is 5.91 Å². The molecule has 1 aliphatic heterocycles. The maximum atomic E-state index is 11.6. The quantitative estimate of drug-likeness (QED) is 0.717. The minimum absolute atomic E-state index is 0.109. The van der Waals surface area contributed by atoms with Gasteiger partial charge in [-0.1, -0.05) is 6.92 Å². The van der Waals surface area contributed by atoms with Gasteiger partial charge in [-0.05, 0) is 18.1 Å². The third kappa shape index (κ3) is 2.42. The Morgan fingerprint density at radius 3 is 2.93 bits per heavy atom. The molecular formula is C10H16N2OS. The highest BCUT2D eigenvalue weighted by Gasteiger charge is 2.32. The van der Waals surface area contributed by atoms with Gasteiger partial charge in [0.1, 0.15) is 0 Å². The van der Waals surface area contributed by atoms with Gasteiger partial charge < -0.3 is 4.90 Å². The van der Waals surface area contributed by atoms with Gasteiger partial charge in [-0.2, -0.15) is 17.9 Å². The molecule has 0 aromatic heterocycles. The van der Waals surface area contributed by atoms with Crippen molar-refractivity contribution in [2.75, 3.05) is 12.3 Å². The highest BCUT2D eigenvalue weighted by atomic mass is 32.1. The van der Waals surface area contributed by atoms with Gasteiger partial charge in [-0.3, -0.25) is 4.79 Å². The molecule has 1 aliphatic rings. The second-order valence-corrected chi connectivity index (χ2v) is 4.09. The van der Waals surface area contributed by atoms with Crippen LogP contribution >= 0.6 is 12.6 Å². The Kier molecular flexibility index (Phi) is 4.27. The van der Waals surface area contributed by atoms with Crippen LogP contribution in [-0.4, -0.2) is 29.1 Å². The van der Waals surface area contributed by atoms with Crippen LogP contribution in [0.25, 0.3) is 0 Å². The van der Waals surface area contributed by atoms with Crippen LogP contribution in [0.4, 0.5) is 0 Å². The van der Waals surface area contributed by atoms with Gasteiger partial charge in [0.05, 0.1) is 12.5 Å². The van der Waals surface area contributed by atoms with E-state index in [4.69, 9.17) is 5.26 Å². The number of rotatable bonds is 4. The van der Waals surface area contributed by atoms with E-state index in [1.807, 2.05) is 11.8 Å². The zero-order valence-corrected chi connectivity index (χ0v) is 9.33. The van der Waals surface area contributed by atoms with Crippen molar-refractivity contribution in [3.05, 3.63) is 0 Å². The van der Waals surface area contributed by atoms with Crippen LogP contribution in [-0.2, 0) is 4.79 Å². The topological polar surface area (TPSA) is 44.1 Å². The fourth-order valence-corrected chi connectivity index (χ4v) is 2.11. The Bertz CT molecular complexity index is 249. The largest absolute Gasteiger partial charge is 0.338 e. The third-order valence-electron chi connectivity index (χ3n) is 2.74. The SMILES string of the molecule is CCC(CC#N)N1CC(CS)CC1=O. The summed E-state index contributed by atoms with van der Waals surface area (Å²) in [4.78, 5) is 13.5. The van der Waals surface area contributed by atoms with E-state index in [0.717, 1.165) is 18.7 Å². The molecule has 0 N–H and O–H groups in total. The minimum Gasteiger partial charge on any atom is -0.338 e. The second-order valence-electron chi connectivity index (χ2n) is 3.72. The average molecular weight is 212 g/mol. The van der Waals surface area contributed by atoms with E-state index in [2.05, 4.69) is 18.7 Å². The van der Waals surface area contributed by atoms with Crippen molar-refractivity contribution in [2.24, 2.45) is 5.92 Å². The van der Waals surface area contributed by atoms with Crippen molar-refractivity contribution < 1.29 is 4.79 Å². The van der Waals surface area contributed by atoms with Crippen LogP contribution in [0.3, 0.4) is 0 Å². The Labute approximate surface area is 90.5 Å². The first-order valence-electron chi connectivity index (χ1n) is 5.00. The summed E-state index contributed by atoms with van der Waals surface area (Å²) >= 11 is 4.20. The minimum atomic E-state index is 0.109. The number of nitriles is 1. The fraction of sp³-hybridized carbons (Fsp3) is 0.800. The summed E-state index contributed by atoms with van der Waals surface area (Å²) in [6.45, 7) is 2.80. The second kappa shape index (κ2) is 5.26. The van der Waals surface area contributed by atoms with Crippen LogP contribution in [0.2, 0.25) is 0 Å². The molecule has 2 atom stereocenters. The lowest BCUT2D eigenvalue weighted by Gasteiger charge is -2.25. The van der Waals surface area contributed by atoms with Gasteiger partial charge in [0.25, 0.3) is 0 Å². The number of nitrogens with zero attached hydrogens (tertiary/aromatic N) is 2. The van der Waals surface area contributed by atoms with Crippen molar-refractivity contribution in [3.8, 4) is 6.07 Å². The molecule has 0 aliphatic carbocycles. The fourth-order valence-electron chi connectivity index (χ4n) is 1.86. The molecule has 3 nitrogen and oxygen atoms in total. The molecule has 1 amide bonds. The van der Waals surface area contributed by atoms with E-state index in [-0.39, 0.29) is 11.9 Å². The van der Waals surface area contributed by atoms with Crippen molar-refractivity contribution >= 4 is 18.5 Å². The molecule has 78 valence electrons. The normalized spacial score (nSPS) is 23.6. The molecule has 0 radical (unpaired) electrons. The number of thiol groups is 1. The van der Waals surface area contributed by atoms with Crippen molar-refractivity contribution in [1.29, 1.82) is 5.26 Å². The van der Waals surface area contributed by atoms with Gasteiger partial charge >= 0.3 is 0 Å². The molecule has 1 saturated heterocycles. The molecule has 1 heterocycles. The lowest BCUT2D eigenvalue weighted by molar-refractivity contribution is -0.129. The van der Waals surface area contributed by atoms with E-state index in [9.17, 15) is 4.79 Å². The Morgan fingerprint density at radius 1 is 1.79 bits per heavy atom. The van der Waals surface area contributed by atoms with Crippen LogP contribution in [0.15, 0.2) is 0 Å². The van der Waals surface area contributed by atoms with Crippen LogP contribution in [0.5, 0.6) is 0 Å². The van der Waals surface area contributed by atoms with Crippen LogP contribution in [0.1, 0.15) is 26.2 Å². The van der Waals surface area contributed by atoms with E-state index in [0.29, 0.717) is 18.8 Å². The molecule has 0 spiro atoms. The lowest BCUT2D eigenvalue weighted by atomic mass is 10.1. The predicted molar refractivity (Wildman–Crippen MR) is 58.0 cm³/mol. The van der Waals surface area contributed by atoms with Gasteiger partial charge in [0.15, 0.2) is 0 Å². The maximum Gasteiger partial charge on any atom is 0.223 e. The molecule has 0 bridgehead atoms. The molecule has 1 rings (SSSR count). The molecule has 0 aromatic carbocycles. The monoisotopic (exact) mass is 212 g/mol. The molecule has 1 fully saturated rings. The summed E-state index contributed by atoms with van der Waals surface area (Å²) in [5, 5.41) is 8.63. The summed E-state index contributed by atoms with van der Waals surface area (Å²) in [6, 6.07) is 2.24. The number of carbonyl (C=O) groups excluding carboxylic acids is 1. The first-order chi connectivity index (χ1) is 6.72. The van der Waals surface area contributed by atoms with E-state index in [1.54, 1.807) is 0 Å². The van der Waals surface area contributed by atoms with Crippen molar-refractivity contribution in [1.82, 2.24) is 4.90 Å². The summed E-state index contributed by atoms with van der Waals surface area (Å²) in [5.41, 5.74) is 0. The number of likely N-dealkylation sites (tertiary alicyclic amines) is 1. The Hall–Kier alpha value is -0.690. The summed E-state index contributed by atoms with van der Waals surface area (Å²) in [7, 11) is 0. The van der Waals surface area contributed by atoms with Crippen LogP contribution in [0, 0.1) is 17.2 Å². The molecule has 14 heavy (non-hydrogen) atoms. The van der Waals surface area contributed by atoms with E-state index >= 15 is 0 Å². The zero-order chi connectivity index (χ0) is 10.6. The summed E-state index contributed by atoms with van der Waals surface area (Å²) in [5.74, 6) is 1.32. The van der Waals surface area contributed by atoms with Crippen molar-refractivity contribution in [2.45, 2.75) is 32.2 Å². The average Bonchev–Trinajstić information content (AvgIpc) is 2.56. The predicted octanol–water partition coefficient (Wildman–Crippen LogP) is 1.46. The molecule has 4 heteroatoms. The van der Waals surface area contributed by atoms with Crippen LogP contribution < -0.4 is 0 Å². The van der Waals surface area contributed by atoms with E-state index in [1.165, 1.54) is 0 Å². The molecule has 0 saturated carbocycles. The number of amides is 1. The standard InChI is InChI=1S/C10H16N2OS/c1-2-9(3-4-11)12-6-8(7-14)5-10(12)13/h8-9,14H,2-3,5-7H2,1H3. The Balaban J connectivity index is 2.59. The number of carbonyl (C=O) groups is 1. The number of hydrogen-bond acceptors (Lipinski definition) is 3. The van der Waals surface area contributed by atoms with Gasteiger partial charge in [0, 0.05) is 19.0 Å². The molecular weight excluding hydrogens is 196 g/mol. The smallest absolute Gasteiger partial charge is 0.223 e. The maximum absolute atomic E-state index is 11.6. The lowest BCUT2D eigenvalue weighted by Crippen LogP contribution is -2.36. The first-order valence-corrected chi connectivity index (χ1v) is 5.63. The van der Waals surface area contributed by atoms with Gasteiger partial charge in [-0.25, -0.2) is 0 Å². The highest BCUT2D eigenvalue weighted by Crippen LogP contribution is 2.23. The third-order valence-corrected chi connectivity index (χ3v) is 3.25. The number of hydrogen-bond donors (Lipinski definition) is 1. The first kappa shape index (κ1) is 11.4.